The second-order valence-corrected chi connectivity index (χ2v) is 5.10. The third-order valence-electron chi connectivity index (χ3n) is 3.01. The van der Waals surface area contributed by atoms with Crippen LogP contribution in [0.3, 0.4) is 0 Å². The maximum absolute atomic E-state index is 4.58. The van der Waals surface area contributed by atoms with Gasteiger partial charge >= 0.3 is 0 Å². The van der Waals surface area contributed by atoms with Crippen LogP contribution in [0, 0.1) is 6.92 Å². The molecule has 2 rings (SSSR count). The topological polar surface area (TPSA) is 42.7 Å². The molecule has 0 aliphatic heterocycles. The fourth-order valence-corrected chi connectivity index (χ4v) is 1.98. The molecule has 19 heavy (non-hydrogen) atoms. The summed E-state index contributed by atoms with van der Waals surface area (Å²) in [6.07, 6.45) is 1.98. The quantitative estimate of drug-likeness (QED) is 0.896. The van der Waals surface area contributed by atoms with Gasteiger partial charge in [-0.3, -0.25) is 0 Å². The van der Waals surface area contributed by atoms with Gasteiger partial charge in [0.1, 0.15) is 0 Å². The molecule has 0 saturated carbocycles. The summed E-state index contributed by atoms with van der Waals surface area (Å²) < 4.78 is 1.86. The number of aryl methyl sites for hydroxylation is 1. The fourth-order valence-electron chi connectivity index (χ4n) is 1.98. The van der Waals surface area contributed by atoms with Crippen LogP contribution >= 0.6 is 0 Å². The van der Waals surface area contributed by atoms with Gasteiger partial charge in [-0.15, -0.1) is 0 Å². The Hall–Kier alpha value is -1.68. The molecular formula is C15H22N4. The molecule has 0 spiro atoms. The number of rotatable bonds is 5. The maximum atomic E-state index is 4.58. The number of hydrogen-bond acceptors (Lipinski definition) is 3. The third kappa shape index (κ3) is 3.41. The Balaban J connectivity index is 2.29. The highest BCUT2D eigenvalue weighted by Crippen LogP contribution is 2.14. The summed E-state index contributed by atoms with van der Waals surface area (Å²) in [6, 6.07) is 6.25. The second kappa shape index (κ2) is 5.97. The first-order chi connectivity index (χ1) is 9.10. The van der Waals surface area contributed by atoms with Gasteiger partial charge in [-0.1, -0.05) is 20.8 Å². The molecule has 102 valence electrons. The molecule has 0 bridgehead atoms. The van der Waals surface area contributed by atoms with Crippen molar-refractivity contribution < 1.29 is 0 Å². The van der Waals surface area contributed by atoms with Gasteiger partial charge in [-0.2, -0.15) is 5.10 Å². The molecule has 0 aliphatic rings. The van der Waals surface area contributed by atoms with E-state index in [-0.39, 0.29) is 0 Å². The van der Waals surface area contributed by atoms with Gasteiger partial charge in [0.15, 0.2) is 5.82 Å². The minimum Gasteiger partial charge on any atom is -0.313 e. The number of nitrogens with one attached hydrogen (secondary N) is 1. The average molecular weight is 258 g/mol. The molecule has 2 aromatic rings. The van der Waals surface area contributed by atoms with Gasteiger partial charge in [-0.05, 0) is 43.1 Å². The van der Waals surface area contributed by atoms with Crippen LogP contribution in [-0.2, 0) is 6.54 Å². The molecule has 0 amide bonds. The average Bonchev–Trinajstić information content (AvgIpc) is 2.85. The normalized spacial score (nSPS) is 11.2. The van der Waals surface area contributed by atoms with Crippen LogP contribution in [0.5, 0.6) is 0 Å². The molecule has 4 heteroatoms. The summed E-state index contributed by atoms with van der Waals surface area (Å²) in [7, 11) is 0. The Kier molecular flexibility index (Phi) is 4.32. The highest BCUT2D eigenvalue weighted by molar-refractivity contribution is 5.30. The SMILES string of the molecule is CCNCc1cc(C)nc(-n2ccc(C(C)C)n2)c1. The second-order valence-electron chi connectivity index (χ2n) is 5.10. The van der Waals surface area contributed by atoms with Crippen LogP contribution in [-0.4, -0.2) is 21.3 Å². The number of aromatic nitrogens is 3. The van der Waals surface area contributed by atoms with Crippen molar-refractivity contribution in [3.8, 4) is 5.82 Å². The molecule has 4 nitrogen and oxygen atoms in total. The van der Waals surface area contributed by atoms with Crippen LogP contribution in [0.4, 0.5) is 0 Å². The molecule has 0 radical (unpaired) electrons. The predicted octanol–water partition coefficient (Wildman–Crippen LogP) is 2.81. The lowest BCUT2D eigenvalue weighted by Gasteiger charge is -2.07. The van der Waals surface area contributed by atoms with Gasteiger partial charge in [0.05, 0.1) is 5.69 Å². The molecule has 0 aromatic carbocycles. The van der Waals surface area contributed by atoms with Crippen LogP contribution in [0.1, 0.15) is 43.6 Å². The van der Waals surface area contributed by atoms with E-state index >= 15 is 0 Å². The molecule has 0 aliphatic carbocycles. The van der Waals surface area contributed by atoms with Gasteiger partial charge in [0.2, 0.25) is 0 Å². The zero-order valence-corrected chi connectivity index (χ0v) is 12.1. The third-order valence-corrected chi connectivity index (χ3v) is 3.01. The number of pyridine rings is 1. The van der Waals surface area contributed by atoms with E-state index in [1.165, 1.54) is 5.56 Å². The zero-order valence-electron chi connectivity index (χ0n) is 12.1. The van der Waals surface area contributed by atoms with E-state index in [4.69, 9.17) is 0 Å². The van der Waals surface area contributed by atoms with Crippen molar-refractivity contribution in [3.05, 3.63) is 41.3 Å². The van der Waals surface area contributed by atoms with Gasteiger partial charge < -0.3 is 5.32 Å². The molecule has 0 fully saturated rings. The molecule has 0 unspecified atom stereocenters. The van der Waals surface area contributed by atoms with Crippen molar-refractivity contribution in [2.45, 2.75) is 40.2 Å². The minimum atomic E-state index is 0.437. The molecule has 0 atom stereocenters. The van der Waals surface area contributed by atoms with Crippen molar-refractivity contribution in [3.63, 3.8) is 0 Å². The summed E-state index contributed by atoms with van der Waals surface area (Å²) in [4.78, 5) is 4.56. The molecular weight excluding hydrogens is 236 g/mol. The van der Waals surface area contributed by atoms with E-state index in [1.807, 2.05) is 17.8 Å². The Labute approximate surface area is 114 Å². The van der Waals surface area contributed by atoms with E-state index < -0.39 is 0 Å². The van der Waals surface area contributed by atoms with Crippen LogP contribution in [0.25, 0.3) is 5.82 Å². The molecule has 2 aromatic heterocycles. The highest BCUT2D eigenvalue weighted by atomic mass is 15.3. The predicted molar refractivity (Wildman–Crippen MR) is 77.6 cm³/mol. The Morgan fingerprint density at radius 1 is 1.32 bits per heavy atom. The van der Waals surface area contributed by atoms with Crippen molar-refractivity contribution in [2.75, 3.05) is 6.54 Å². The molecule has 1 N–H and O–H groups in total. The maximum Gasteiger partial charge on any atom is 0.153 e. The van der Waals surface area contributed by atoms with Crippen molar-refractivity contribution in [2.24, 2.45) is 0 Å². The first-order valence-corrected chi connectivity index (χ1v) is 6.84. The Morgan fingerprint density at radius 2 is 2.11 bits per heavy atom. The highest BCUT2D eigenvalue weighted by Gasteiger charge is 2.07. The summed E-state index contributed by atoms with van der Waals surface area (Å²) in [5.74, 6) is 1.33. The largest absolute Gasteiger partial charge is 0.313 e. The van der Waals surface area contributed by atoms with Crippen LogP contribution in [0.2, 0.25) is 0 Å². The fraction of sp³-hybridized carbons (Fsp3) is 0.467. The zero-order chi connectivity index (χ0) is 13.8. The minimum absolute atomic E-state index is 0.437. The number of nitrogens with zero attached hydrogens (tertiary/aromatic N) is 3. The van der Waals surface area contributed by atoms with E-state index in [0.29, 0.717) is 5.92 Å². The van der Waals surface area contributed by atoms with E-state index in [2.05, 4.69) is 54.4 Å². The monoisotopic (exact) mass is 258 g/mol. The van der Waals surface area contributed by atoms with Gasteiger partial charge in [-0.25, -0.2) is 9.67 Å². The lowest BCUT2D eigenvalue weighted by atomic mass is 10.1. The number of hydrogen-bond donors (Lipinski definition) is 1. The molecule has 2 heterocycles. The van der Waals surface area contributed by atoms with Crippen LogP contribution < -0.4 is 5.32 Å². The van der Waals surface area contributed by atoms with Crippen molar-refractivity contribution in [1.82, 2.24) is 20.1 Å². The van der Waals surface area contributed by atoms with E-state index in [1.54, 1.807) is 0 Å². The summed E-state index contributed by atoms with van der Waals surface area (Å²) in [6.45, 7) is 10.3. The Morgan fingerprint density at radius 3 is 2.74 bits per heavy atom. The standard InChI is InChI=1S/C15H22N4/c1-5-16-10-13-8-12(4)17-15(9-13)19-7-6-14(18-19)11(2)3/h6-9,11,16H,5,10H2,1-4H3. The lowest BCUT2D eigenvalue weighted by molar-refractivity contribution is 0.718. The van der Waals surface area contributed by atoms with E-state index in [9.17, 15) is 0 Å². The van der Waals surface area contributed by atoms with Gasteiger partial charge in [0.25, 0.3) is 0 Å². The summed E-state index contributed by atoms with van der Waals surface area (Å²) in [5.41, 5.74) is 3.36. The Bertz CT molecular complexity index is 543. The molecule has 0 saturated heterocycles. The lowest BCUT2D eigenvalue weighted by Crippen LogP contribution is -2.13. The smallest absolute Gasteiger partial charge is 0.153 e. The van der Waals surface area contributed by atoms with Crippen molar-refractivity contribution in [1.29, 1.82) is 0 Å². The van der Waals surface area contributed by atoms with E-state index in [0.717, 1.165) is 30.3 Å². The first kappa shape index (κ1) is 13.7. The summed E-state index contributed by atoms with van der Waals surface area (Å²) >= 11 is 0. The summed E-state index contributed by atoms with van der Waals surface area (Å²) in [5, 5.41) is 7.91. The van der Waals surface area contributed by atoms with Gasteiger partial charge in [0, 0.05) is 18.4 Å². The first-order valence-electron chi connectivity index (χ1n) is 6.84. The van der Waals surface area contributed by atoms with Crippen molar-refractivity contribution >= 4 is 0 Å². The van der Waals surface area contributed by atoms with Crippen LogP contribution in [0.15, 0.2) is 24.4 Å².